The molecule has 2 N–H and O–H groups in total. The predicted octanol–water partition coefficient (Wildman–Crippen LogP) is 4.49. The zero-order valence-corrected chi connectivity index (χ0v) is 19.2. The molecule has 33 heavy (non-hydrogen) atoms. The van der Waals surface area contributed by atoms with Crippen LogP contribution >= 0.6 is 0 Å². The zero-order valence-electron chi connectivity index (χ0n) is 19.2. The fourth-order valence-electron chi connectivity index (χ4n) is 4.01. The predicted molar refractivity (Wildman–Crippen MR) is 133 cm³/mol. The van der Waals surface area contributed by atoms with Gasteiger partial charge in [0, 0.05) is 25.0 Å². The standard InChI is InChI=1S/C26H26FN5O/c1-6-13-31(4)14-7-8-21-17(3)19-10-12-22-24(23(19)25(33)28-21)32(5)26(30-22)29-20-11-9-18(27)15-16(20)2/h1,7-12,15H,13-14H2,2-5H3,(H,28,33)(H,29,30). The molecule has 0 bridgehead atoms. The molecule has 0 unspecified atom stereocenters. The molecule has 2 heterocycles. The van der Waals surface area contributed by atoms with Crippen molar-refractivity contribution in [3.05, 3.63) is 69.4 Å². The van der Waals surface area contributed by atoms with Gasteiger partial charge in [-0.05, 0) is 67.7 Å². The number of benzene rings is 2. The molecule has 0 spiro atoms. The third-order valence-corrected chi connectivity index (χ3v) is 5.82. The van der Waals surface area contributed by atoms with Crippen LogP contribution in [0, 0.1) is 32.0 Å². The summed E-state index contributed by atoms with van der Waals surface area (Å²) in [6.45, 7) is 5.06. The molecule has 0 aliphatic heterocycles. The molecule has 168 valence electrons. The highest BCUT2D eigenvalue weighted by atomic mass is 19.1. The summed E-state index contributed by atoms with van der Waals surface area (Å²) in [5.74, 6) is 2.90. The molecule has 0 saturated heterocycles. The number of pyridine rings is 1. The Morgan fingerprint density at radius 1 is 1.30 bits per heavy atom. The summed E-state index contributed by atoms with van der Waals surface area (Å²) in [7, 11) is 3.80. The fourth-order valence-corrected chi connectivity index (χ4v) is 4.01. The van der Waals surface area contributed by atoms with E-state index in [1.807, 2.05) is 61.7 Å². The summed E-state index contributed by atoms with van der Waals surface area (Å²) < 4.78 is 15.3. The van der Waals surface area contributed by atoms with Crippen LogP contribution in [-0.2, 0) is 7.05 Å². The number of anilines is 2. The highest BCUT2D eigenvalue weighted by Crippen LogP contribution is 2.29. The lowest BCUT2D eigenvalue weighted by atomic mass is 10.0. The first kappa shape index (κ1) is 22.3. The van der Waals surface area contributed by atoms with Crippen LogP contribution in [0.4, 0.5) is 16.0 Å². The number of nitrogens with zero attached hydrogens (tertiary/aromatic N) is 3. The van der Waals surface area contributed by atoms with Crippen LogP contribution in [0.25, 0.3) is 27.9 Å². The SMILES string of the molecule is C#CCN(C)CC=Cc1[nH]c(=O)c2c(ccc3nc(Nc4ccc(F)cc4C)n(C)c32)c1C. The van der Waals surface area contributed by atoms with Gasteiger partial charge in [0.2, 0.25) is 5.95 Å². The van der Waals surface area contributed by atoms with Gasteiger partial charge in [-0.2, -0.15) is 0 Å². The lowest BCUT2D eigenvalue weighted by Crippen LogP contribution is -2.18. The van der Waals surface area contributed by atoms with Crippen LogP contribution in [0.5, 0.6) is 0 Å². The normalized spacial score (nSPS) is 11.7. The third-order valence-electron chi connectivity index (χ3n) is 5.82. The average molecular weight is 444 g/mol. The van der Waals surface area contributed by atoms with Gasteiger partial charge in [0.15, 0.2) is 0 Å². The Kier molecular flexibility index (Phi) is 6.03. The van der Waals surface area contributed by atoms with E-state index >= 15 is 0 Å². The summed E-state index contributed by atoms with van der Waals surface area (Å²) >= 11 is 0. The molecule has 2 aromatic heterocycles. The first-order valence-corrected chi connectivity index (χ1v) is 10.6. The Morgan fingerprint density at radius 2 is 2.09 bits per heavy atom. The molecule has 7 heteroatoms. The molecule has 0 aliphatic rings. The van der Waals surface area contributed by atoms with E-state index in [2.05, 4.69) is 21.2 Å². The van der Waals surface area contributed by atoms with E-state index in [-0.39, 0.29) is 11.4 Å². The number of terminal acetylenes is 1. The largest absolute Gasteiger partial charge is 0.325 e. The maximum Gasteiger partial charge on any atom is 0.258 e. The minimum atomic E-state index is -0.288. The second-order valence-electron chi connectivity index (χ2n) is 8.23. The number of likely N-dealkylation sites (N-methyl/N-ethyl adjacent to an activating group) is 1. The van der Waals surface area contributed by atoms with Crippen molar-refractivity contribution in [1.29, 1.82) is 0 Å². The Balaban J connectivity index is 1.78. The van der Waals surface area contributed by atoms with Gasteiger partial charge < -0.3 is 14.9 Å². The van der Waals surface area contributed by atoms with Crippen molar-refractivity contribution in [2.24, 2.45) is 7.05 Å². The summed E-state index contributed by atoms with van der Waals surface area (Å²) in [6, 6.07) is 8.40. The minimum absolute atomic E-state index is 0.176. The van der Waals surface area contributed by atoms with Gasteiger partial charge in [0.1, 0.15) is 5.82 Å². The number of rotatable bonds is 6. The number of H-pyrrole nitrogens is 1. The van der Waals surface area contributed by atoms with Crippen molar-refractivity contribution in [1.82, 2.24) is 19.4 Å². The van der Waals surface area contributed by atoms with Crippen molar-refractivity contribution in [2.45, 2.75) is 13.8 Å². The topological polar surface area (TPSA) is 66.0 Å². The van der Waals surface area contributed by atoms with Gasteiger partial charge >= 0.3 is 0 Å². The highest BCUT2D eigenvalue weighted by Gasteiger charge is 2.16. The summed E-state index contributed by atoms with van der Waals surface area (Å²) in [5, 5.41) is 4.72. The van der Waals surface area contributed by atoms with E-state index in [4.69, 9.17) is 6.42 Å². The van der Waals surface area contributed by atoms with Crippen LogP contribution in [0.1, 0.15) is 16.8 Å². The van der Waals surface area contributed by atoms with Crippen molar-refractivity contribution in [2.75, 3.05) is 25.5 Å². The molecule has 6 nitrogen and oxygen atoms in total. The number of fused-ring (bicyclic) bond motifs is 3. The summed E-state index contributed by atoms with van der Waals surface area (Å²) in [6.07, 6.45) is 9.25. The van der Waals surface area contributed by atoms with Gasteiger partial charge in [-0.3, -0.25) is 9.69 Å². The maximum absolute atomic E-state index is 13.5. The average Bonchev–Trinajstić information content (AvgIpc) is 3.09. The van der Waals surface area contributed by atoms with Crippen LogP contribution in [0.3, 0.4) is 0 Å². The number of aromatic nitrogens is 3. The van der Waals surface area contributed by atoms with Gasteiger partial charge in [0.25, 0.3) is 5.56 Å². The summed E-state index contributed by atoms with van der Waals surface area (Å²) in [5.41, 5.74) is 4.54. The molecule has 0 radical (unpaired) electrons. The molecule has 0 aliphatic carbocycles. The molecule has 0 amide bonds. The number of imidazole rings is 1. The lowest BCUT2D eigenvalue weighted by Gasteiger charge is -2.11. The van der Waals surface area contributed by atoms with E-state index in [1.54, 1.807) is 6.07 Å². The van der Waals surface area contributed by atoms with Gasteiger partial charge in [-0.15, -0.1) is 6.42 Å². The van der Waals surface area contributed by atoms with Crippen LogP contribution < -0.4 is 10.9 Å². The molecule has 0 atom stereocenters. The first-order valence-electron chi connectivity index (χ1n) is 10.6. The summed E-state index contributed by atoms with van der Waals surface area (Å²) in [4.78, 5) is 22.8. The zero-order chi connectivity index (χ0) is 23.7. The Morgan fingerprint density at radius 3 is 2.82 bits per heavy atom. The first-order chi connectivity index (χ1) is 15.8. The molecule has 4 rings (SSSR count). The third kappa shape index (κ3) is 4.26. The van der Waals surface area contributed by atoms with Crippen molar-refractivity contribution in [3.8, 4) is 12.3 Å². The molecule has 2 aromatic carbocycles. The van der Waals surface area contributed by atoms with Crippen LogP contribution in [-0.4, -0.2) is 39.6 Å². The lowest BCUT2D eigenvalue weighted by molar-refractivity contribution is 0.420. The van der Waals surface area contributed by atoms with Gasteiger partial charge in [-0.25, -0.2) is 9.37 Å². The van der Waals surface area contributed by atoms with E-state index in [0.29, 0.717) is 29.9 Å². The fraction of sp³-hybridized carbons (Fsp3) is 0.231. The highest BCUT2D eigenvalue weighted by molar-refractivity contribution is 6.06. The van der Waals surface area contributed by atoms with E-state index < -0.39 is 0 Å². The number of aryl methyl sites for hydroxylation is 3. The Labute approximate surface area is 191 Å². The Hall–Kier alpha value is -3.89. The quantitative estimate of drug-likeness (QED) is 0.431. The number of hydrogen-bond acceptors (Lipinski definition) is 4. The van der Waals surface area contributed by atoms with Gasteiger partial charge in [0.05, 0.1) is 23.0 Å². The second kappa shape index (κ2) is 8.93. The molecular weight excluding hydrogens is 417 g/mol. The maximum atomic E-state index is 13.5. The minimum Gasteiger partial charge on any atom is -0.325 e. The Bertz CT molecular complexity index is 1490. The molecule has 4 aromatic rings. The number of aromatic amines is 1. The van der Waals surface area contributed by atoms with Crippen LogP contribution in [0.2, 0.25) is 0 Å². The van der Waals surface area contributed by atoms with E-state index in [9.17, 15) is 9.18 Å². The molecular formula is C26H26FN5O. The number of hydrogen-bond donors (Lipinski definition) is 2. The second-order valence-corrected chi connectivity index (χ2v) is 8.23. The number of halogens is 1. The van der Waals surface area contributed by atoms with E-state index in [0.717, 1.165) is 33.4 Å². The van der Waals surface area contributed by atoms with Crippen molar-refractivity contribution >= 4 is 39.5 Å². The van der Waals surface area contributed by atoms with Crippen molar-refractivity contribution in [3.63, 3.8) is 0 Å². The molecule has 0 fully saturated rings. The molecule has 0 saturated carbocycles. The van der Waals surface area contributed by atoms with E-state index in [1.165, 1.54) is 12.1 Å². The van der Waals surface area contributed by atoms with Crippen molar-refractivity contribution < 1.29 is 4.39 Å². The monoisotopic (exact) mass is 443 g/mol. The van der Waals surface area contributed by atoms with Gasteiger partial charge in [-0.1, -0.05) is 18.1 Å². The smallest absolute Gasteiger partial charge is 0.258 e. The van der Waals surface area contributed by atoms with Crippen LogP contribution in [0.15, 0.2) is 41.2 Å². The number of nitrogens with one attached hydrogen (secondary N) is 2.